The van der Waals surface area contributed by atoms with Crippen LogP contribution >= 0.6 is 0 Å². The Morgan fingerprint density at radius 2 is 1.60 bits per heavy atom. The van der Waals surface area contributed by atoms with Crippen molar-refractivity contribution in [1.82, 2.24) is 4.90 Å². The van der Waals surface area contributed by atoms with E-state index in [0.29, 0.717) is 24.2 Å². The highest BCUT2D eigenvalue weighted by molar-refractivity contribution is 6.01. The number of benzene rings is 3. The van der Waals surface area contributed by atoms with Crippen molar-refractivity contribution in [3.05, 3.63) is 83.9 Å². The summed E-state index contributed by atoms with van der Waals surface area (Å²) >= 11 is 0. The van der Waals surface area contributed by atoms with Crippen molar-refractivity contribution in [2.75, 3.05) is 38.2 Å². The zero-order chi connectivity index (χ0) is 20.9. The molecule has 0 aromatic heterocycles. The van der Waals surface area contributed by atoms with Gasteiger partial charge in [-0.2, -0.15) is 5.26 Å². The summed E-state index contributed by atoms with van der Waals surface area (Å²) in [5, 5.41) is 9.47. The van der Waals surface area contributed by atoms with Gasteiger partial charge in [-0.15, -0.1) is 0 Å². The molecule has 150 valence electrons. The first-order chi connectivity index (χ1) is 14.7. The molecule has 1 amide bonds. The Kier molecular flexibility index (Phi) is 5.67. The lowest BCUT2D eigenvalue weighted by Gasteiger charge is -2.36. The van der Waals surface area contributed by atoms with E-state index in [9.17, 15) is 10.1 Å². The van der Waals surface area contributed by atoms with E-state index in [1.54, 1.807) is 13.2 Å². The van der Waals surface area contributed by atoms with Crippen LogP contribution in [0, 0.1) is 11.3 Å². The monoisotopic (exact) mass is 397 g/mol. The van der Waals surface area contributed by atoms with Crippen LogP contribution in [0.5, 0.6) is 5.75 Å². The zero-order valence-electron chi connectivity index (χ0n) is 16.9. The van der Waals surface area contributed by atoms with E-state index >= 15 is 0 Å². The number of ether oxygens (including phenoxy) is 1. The van der Waals surface area contributed by atoms with Gasteiger partial charge in [0.15, 0.2) is 0 Å². The maximum atomic E-state index is 13.3. The summed E-state index contributed by atoms with van der Waals surface area (Å²) in [6.45, 7) is 2.81. The Morgan fingerprint density at radius 3 is 2.33 bits per heavy atom. The molecular weight excluding hydrogens is 374 g/mol. The van der Waals surface area contributed by atoms with Crippen molar-refractivity contribution in [2.24, 2.45) is 0 Å². The lowest BCUT2D eigenvalue weighted by Crippen LogP contribution is -2.48. The molecule has 0 unspecified atom stereocenters. The summed E-state index contributed by atoms with van der Waals surface area (Å²) < 4.78 is 5.32. The van der Waals surface area contributed by atoms with Crippen LogP contribution in [-0.4, -0.2) is 44.1 Å². The number of nitriles is 1. The minimum Gasteiger partial charge on any atom is -0.497 e. The number of rotatable bonds is 4. The average Bonchev–Trinajstić information content (AvgIpc) is 2.83. The summed E-state index contributed by atoms with van der Waals surface area (Å²) in [5.74, 6) is 0.833. The van der Waals surface area contributed by atoms with E-state index in [-0.39, 0.29) is 5.91 Å². The summed E-state index contributed by atoms with van der Waals surface area (Å²) in [5.41, 5.74) is 3.90. The Hall–Kier alpha value is -3.78. The van der Waals surface area contributed by atoms with Crippen molar-refractivity contribution >= 4 is 11.6 Å². The van der Waals surface area contributed by atoms with E-state index in [1.807, 2.05) is 65.6 Å². The number of hydrogen-bond donors (Lipinski definition) is 0. The number of amides is 1. The minimum absolute atomic E-state index is 0.00337. The average molecular weight is 397 g/mol. The van der Waals surface area contributed by atoms with Gasteiger partial charge in [0.1, 0.15) is 5.75 Å². The molecule has 1 aliphatic heterocycles. The molecule has 1 saturated heterocycles. The van der Waals surface area contributed by atoms with Crippen molar-refractivity contribution in [3.8, 4) is 22.9 Å². The Bertz CT molecular complexity index is 1100. The van der Waals surface area contributed by atoms with Crippen molar-refractivity contribution in [2.45, 2.75) is 0 Å². The number of carbonyl (C=O) groups excluding carboxylic acids is 1. The van der Waals surface area contributed by atoms with Gasteiger partial charge in [-0.05, 0) is 29.8 Å². The van der Waals surface area contributed by atoms with Crippen molar-refractivity contribution < 1.29 is 9.53 Å². The normalized spacial score (nSPS) is 13.6. The lowest BCUT2D eigenvalue weighted by molar-refractivity contribution is 0.0747. The van der Waals surface area contributed by atoms with E-state index in [4.69, 9.17) is 4.74 Å². The first kappa shape index (κ1) is 19.5. The van der Waals surface area contributed by atoms with Gasteiger partial charge in [0.25, 0.3) is 5.91 Å². The summed E-state index contributed by atoms with van der Waals surface area (Å²) in [6.07, 6.45) is 0. The topological polar surface area (TPSA) is 56.6 Å². The molecule has 0 atom stereocenters. The number of nitrogens with zero attached hydrogens (tertiary/aromatic N) is 3. The second-order valence-corrected chi connectivity index (χ2v) is 7.18. The number of methoxy groups -OCH3 is 1. The number of hydrogen-bond acceptors (Lipinski definition) is 4. The van der Waals surface area contributed by atoms with Crippen LogP contribution in [0.1, 0.15) is 15.9 Å². The SMILES string of the molecule is COc1cccc(N2CCN(C(=O)c3ccccc3-c3ccccc3C#N)CC2)c1. The molecule has 0 radical (unpaired) electrons. The molecule has 1 aliphatic rings. The number of piperazine rings is 1. The van der Waals surface area contributed by atoms with Gasteiger partial charge in [-0.25, -0.2) is 0 Å². The van der Waals surface area contributed by atoms with Crippen LogP contribution in [-0.2, 0) is 0 Å². The molecule has 5 nitrogen and oxygen atoms in total. The molecule has 4 rings (SSSR count). The summed E-state index contributed by atoms with van der Waals surface area (Å²) in [7, 11) is 1.66. The molecule has 30 heavy (non-hydrogen) atoms. The molecule has 0 saturated carbocycles. The second kappa shape index (κ2) is 8.71. The molecule has 0 bridgehead atoms. The summed E-state index contributed by atoms with van der Waals surface area (Å²) in [4.78, 5) is 17.5. The standard InChI is InChI=1S/C25H23N3O2/c1-30-21-9-6-8-20(17-21)27-13-15-28(16-14-27)25(29)24-12-5-4-11-23(24)22-10-3-2-7-19(22)18-26/h2-12,17H,13-16H2,1H3. The van der Waals surface area contributed by atoms with Gasteiger partial charge in [-0.3, -0.25) is 4.79 Å². The van der Waals surface area contributed by atoms with Gasteiger partial charge < -0.3 is 14.5 Å². The minimum atomic E-state index is 0.00337. The Labute approximate surface area is 176 Å². The fraction of sp³-hybridized carbons (Fsp3) is 0.200. The Morgan fingerprint density at radius 1 is 0.900 bits per heavy atom. The number of anilines is 1. The van der Waals surface area contributed by atoms with Crippen LogP contribution in [0.4, 0.5) is 5.69 Å². The predicted molar refractivity (Wildman–Crippen MR) is 118 cm³/mol. The molecule has 1 heterocycles. The molecule has 0 N–H and O–H groups in total. The maximum Gasteiger partial charge on any atom is 0.254 e. The third-order valence-corrected chi connectivity index (χ3v) is 5.48. The number of carbonyl (C=O) groups is 1. The smallest absolute Gasteiger partial charge is 0.254 e. The van der Waals surface area contributed by atoms with E-state index in [1.165, 1.54) is 0 Å². The molecule has 3 aromatic rings. The fourth-order valence-corrected chi connectivity index (χ4v) is 3.87. The molecule has 0 aliphatic carbocycles. The molecule has 5 heteroatoms. The van der Waals surface area contributed by atoms with Crippen LogP contribution in [0.25, 0.3) is 11.1 Å². The first-order valence-corrected chi connectivity index (χ1v) is 9.98. The van der Waals surface area contributed by atoms with Crippen LogP contribution < -0.4 is 9.64 Å². The van der Waals surface area contributed by atoms with E-state index < -0.39 is 0 Å². The zero-order valence-corrected chi connectivity index (χ0v) is 16.9. The van der Waals surface area contributed by atoms with Gasteiger partial charge in [0, 0.05) is 49.1 Å². The van der Waals surface area contributed by atoms with E-state index in [2.05, 4.69) is 17.0 Å². The maximum absolute atomic E-state index is 13.3. The molecule has 1 fully saturated rings. The summed E-state index contributed by atoms with van der Waals surface area (Å²) in [6, 6.07) is 25.2. The highest BCUT2D eigenvalue weighted by Crippen LogP contribution is 2.28. The third-order valence-electron chi connectivity index (χ3n) is 5.48. The largest absolute Gasteiger partial charge is 0.497 e. The molecule has 3 aromatic carbocycles. The second-order valence-electron chi connectivity index (χ2n) is 7.18. The predicted octanol–water partition coefficient (Wildman–Crippen LogP) is 4.20. The van der Waals surface area contributed by atoms with Gasteiger partial charge in [0.05, 0.1) is 18.7 Å². The fourth-order valence-electron chi connectivity index (χ4n) is 3.87. The first-order valence-electron chi connectivity index (χ1n) is 9.98. The van der Waals surface area contributed by atoms with Gasteiger partial charge >= 0.3 is 0 Å². The molecular formula is C25H23N3O2. The van der Waals surface area contributed by atoms with E-state index in [0.717, 1.165) is 35.7 Å². The molecule has 0 spiro atoms. The Balaban J connectivity index is 1.54. The highest BCUT2D eigenvalue weighted by Gasteiger charge is 2.24. The van der Waals surface area contributed by atoms with Crippen LogP contribution in [0.2, 0.25) is 0 Å². The third kappa shape index (κ3) is 3.85. The highest BCUT2D eigenvalue weighted by atomic mass is 16.5. The quantitative estimate of drug-likeness (QED) is 0.662. The van der Waals surface area contributed by atoms with Crippen molar-refractivity contribution in [1.29, 1.82) is 5.26 Å². The van der Waals surface area contributed by atoms with Crippen LogP contribution in [0.15, 0.2) is 72.8 Å². The lowest BCUT2D eigenvalue weighted by atomic mass is 9.95. The van der Waals surface area contributed by atoms with Crippen LogP contribution in [0.3, 0.4) is 0 Å². The van der Waals surface area contributed by atoms with Gasteiger partial charge in [0.2, 0.25) is 0 Å². The van der Waals surface area contributed by atoms with Gasteiger partial charge in [-0.1, -0.05) is 42.5 Å². The van der Waals surface area contributed by atoms with Crippen molar-refractivity contribution in [3.63, 3.8) is 0 Å².